The van der Waals surface area contributed by atoms with Crippen molar-refractivity contribution in [3.63, 3.8) is 0 Å². The van der Waals surface area contributed by atoms with Crippen LogP contribution in [0.5, 0.6) is 0 Å². The molecular weight excluding hydrogens is 188 g/mol. The van der Waals surface area contributed by atoms with Crippen molar-refractivity contribution in [2.75, 3.05) is 6.54 Å². The summed E-state index contributed by atoms with van der Waals surface area (Å²) in [6.07, 6.45) is 4.28. The van der Waals surface area contributed by atoms with E-state index in [0.717, 1.165) is 18.3 Å². The van der Waals surface area contributed by atoms with Gasteiger partial charge < -0.3 is 9.88 Å². The Bertz CT molecular complexity index is 318. The highest BCUT2D eigenvalue weighted by Gasteiger charge is 2.24. The summed E-state index contributed by atoms with van der Waals surface area (Å²) < 4.78 is 2.16. The highest BCUT2D eigenvalue weighted by atomic mass is 15.3. The molecule has 2 heterocycles. The quantitative estimate of drug-likeness (QED) is 0.807. The molecule has 15 heavy (non-hydrogen) atoms. The fourth-order valence-electron chi connectivity index (χ4n) is 2.20. The van der Waals surface area contributed by atoms with Crippen LogP contribution in [-0.4, -0.2) is 21.3 Å². The zero-order chi connectivity index (χ0) is 10.8. The van der Waals surface area contributed by atoms with Gasteiger partial charge in [0, 0.05) is 6.04 Å². The molecular formula is C11H20N4. The van der Waals surface area contributed by atoms with E-state index in [9.17, 15) is 0 Å². The molecule has 4 nitrogen and oxygen atoms in total. The number of hydrogen-bond donors (Lipinski definition) is 1. The van der Waals surface area contributed by atoms with E-state index in [1.165, 1.54) is 12.8 Å². The van der Waals surface area contributed by atoms with Gasteiger partial charge in [-0.05, 0) is 39.2 Å². The van der Waals surface area contributed by atoms with Gasteiger partial charge in [-0.2, -0.15) is 0 Å². The molecule has 0 amide bonds. The number of nitrogens with one attached hydrogen (secondary N) is 1. The molecule has 0 bridgehead atoms. The van der Waals surface area contributed by atoms with Gasteiger partial charge >= 0.3 is 0 Å². The molecule has 1 N–H and O–H groups in total. The monoisotopic (exact) mass is 208 g/mol. The Morgan fingerprint density at radius 1 is 1.53 bits per heavy atom. The zero-order valence-corrected chi connectivity index (χ0v) is 9.77. The molecule has 1 aromatic heterocycles. The van der Waals surface area contributed by atoms with Crippen molar-refractivity contribution >= 4 is 0 Å². The van der Waals surface area contributed by atoms with E-state index < -0.39 is 0 Å². The largest absolute Gasteiger partial charge is 0.314 e. The predicted octanol–water partition coefficient (Wildman–Crippen LogP) is 1.92. The SMILES string of the molecule is CC1CCNC(c2nncn2C(C)C)C1. The summed E-state index contributed by atoms with van der Waals surface area (Å²) in [5, 5.41) is 11.8. The smallest absolute Gasteiger partial charge is 0.150 e. The normalized spacial score (nSPS) is 27.2. The van der Waals surface area contributed by atoms with E-state index in [2.05, 4.69) is 40.9 Å². The van der Waals surface area contributed by atoms with Crippen LogP contribution in [0.15, 0.2) is 6.33 Å². The maximum absolute atomic E-state index is 4.25. The first-order valence-electron chi connectivity index (χ1n) is 5.81. The molecule has 0 radical (unpaired) electrons. The molecule has 2 rings (SSSR count). The summed E-state index contributed by atoms with van der Waals surface area (Å²) in [5.41, 5.74) is 0. The van der Waals surface area contributed by atoms with Crippen molar-refractivity contribution in [2.45, 2.75) is 45.7 Å². The predicted molar refractivity (Wildman–Crippen MR) is 59.5 cm³/mol. The van der Waals surface area contributed by atoms with Gasteiger partial charge in [0.05, 0.1) is 6.04 Å². The molecule has 0 aliphatic carbocycles. The van der Waals surface area contributed by atoms with Crippen LogP contribution in [-0.2, 0) is 0 Å². The Morgan fingerprint density at radius 2 is 2.33 bits per heavy atom. The van der Waals surface area contributed by atoms with Crippen molar-refractivity contribution in [1.82, 2.24) is 20.1 Å². The number of aromatic nitrogens is 3. The zero-order valence-electron chi connectivity index (χ0n) is 9.77. The van der Waals surface area contributed by atoms with Crippen LogP contribution in [0, 0.1) is 5.92 Å². The fraction of sp³-hybridized carbons (Fsp3) is 0.818. The van der Waals surface area contributed by atoms with Crippen LogP contribution in [0.1, 0.15) is 51.5 Å². The molecule has 0 saturated carbocycles. The van der Waals surface area contributed by atoms with Gasteiger partial charge in [-0.1, -0.05) is 6.92 Å². The molecule has 1 saturated heterocycles. The lowest BCUT2D eigenvalue weighted by molar-refractivity contribution is 0.306. The molecule has 1 fully saturated rings. The molecule has 4 heteroatoms. The summed E-state index contributed by atoms with van der Waals surface area (Å²) >= 11 is 0. The topological polar surface area (TPSA) is 42.7 Å². The third kappa shape index (κ3) is 2.20. The van der Waals surface area contributed by atoms with E-state index in [1.54, 1.807) is 0 Å². The van der Waals surface area contributed by atoms with Gasteiger partial charge in [-0.25, -0.2) is 0 Å². The first-order chi connectivity index (χ1) is 7.18. The lowest BCUT2D eigenvalue weighted by atomic mass is 9.94. The van der Waals surface area contributed by atoms with E-state index in [1.807, 2.05) is 6.33 Å². The molecule has 2 unspecified atom stereocenters. The Balaban J connectivity index is 2.17. The Kier molecular flexibility index (Phi) is 3.05. The number of piperidine rings is 1. The van der Waals surface area contributed by atoms with Crippen molar-refractivity contribution < 1.29 is 0 Å². The van der Waals surface area contributed by atoms with Crippen molar-refractivity contribution in [3.8, 4) is 0 Å². The minimum absolute atomic E-state index is 0.388. The van der Waals surface area contributed by atoms with Gasteiger partial charge in [-0.15, -0.1) is 10.2 Å². The van der Waals surface area contributed by atoms with Gasteiger partial charge in [0.15, 0.2) is 0 Å². The van der Waals surface area contributed by atoms with Gasteiger partial charge in [0.25, 0.3) is 0 Å². The lowest BCUT2D eigenvalue weighted by Crippen LogP contribution is -2.32. The molecule has 0 spiro atoms. The van der Waals surface area contributed by atoms with Crippen molar-refractivity contribution in [1.29, 1.82) is 0 Å². The average molecular weight is 208 g/mol. The highest BCUT2D eigenvalue weighted by molar-refractivity contribution is 4.98. The number of rotatable bonds is 2. The van der Waals surface area contributed by atoms with E-state index in [4.69, 9.17) is 0 Å². The van der Waals surface area contributed by atoms with Crippen LogP contribution in [0.3, 0.4) is 0 Å². The summed E-state index contributed by atoms with van der Waals surface area (Å²) in [6.45, 7) is 7.74. The molecule has 84 valence electrons. The van der Waals surface area contributed by atoms with Crippen molar-refractivity contribution in [2.24, 2.45) is 5.92 Å². The summed E-state index contributed by atoms with van der Waals surface area (Å²) in [5.74, 6) is 1.88. The lowest BCUT2D eigenvalue weighted by Gasteiger charge is -2.28. The summed E-state index contributed by atoms with van der Waals surface area (Å²) in [4.78, 5) is 0. The van der Waals surface area contributed by atoms with Crippen LogP contribution in [0.2, 0.25) is 0 Å². The minimum Gasteiger partial charge on any atom is -0.314 e. The Hall–Kier alpha value is -0.900. The van der Waals surface area contributed by atoms with Crippen LogP contribution < -0.4 is 5.32 Å². The summed E-state index contributed by atoms with van der Waals surface area (Å²) in [6, 6.07) is 0.827. The molecule has 1 aliphatic heterocycles. The third-order valence-electron chi connectivity index (χ3n) is 3.13. The molecule has 1 aliphatic rings. The molecule has 2 atom stereocenters. The molecule has 1 aromatic rings. The second-order valence-electron chi connectivity index (χ2n) is 4.83. The van der Waals surface area contributed by atoms with Gasteiger partial charge in [0.1, 0.15) is 12.2 Å². The van der Waals surface area contributed by atoms with E-state index in [-0.39, 0.29) is 0 Å². The van der Waals surface area contributed by atoms with Crippen LogP contribution in [0.4, 0.5) is 0 Å². The van der Waals surface area contributed by atoms with Crippen molar-refractivity contribution in [3.05, 3.63) is 12.2 Å². The molecule has 0 aromatic carbocycles. The first kappa shape index (κ1) is 10.6. The number of hydrogen-bond acceptors (Lipinski definition) is 3. The minimum atomic E-state index is 0.388. The standard InChI is InChI=1S/C11H20N4/c1-8(2)15-7-13-14-11(15)10-6-9(3)4-5-12-10/h7-10,12H,4-6H2,1-3H3. The van der Waals surface area contributed by atoms with E-state index >= 15 is 0 Å². The summed E-state index contributed by atoms with van der Waals surface area (Å²) in [7, 11) is 0. The maximum atomic E-state index is 4.25. The van der Waals surface area contributed by atoms with E-state index in [0.29, 0.717) is 12.1 Å². The number of nitrogens with zero attached hydrogens (tertiary/aromatic N) is 3. The fourth-order valence-corrected chi connectivity index (χ4v) is 2.20. The Morgan fingerprint density at radius 3 is 3.00 bits per heavy atom. The maximum Gasteiger partial charge on any atom is 0.150 e. The second-order valence-corrected chi connectivity index (χ2v) is 4.83. The second kappa shape index (κ2) is 4.31. The average Bonchev–Trinajstić information content (AvgIpc) is 2.65. The van der Waals surface area contributed by atoms with Crippen LogP contribution in [0.25, 0.3) is 0 Å². The van der Waals surface area contributed by atoms with Gasteiger partial charge in [-0.3, -0.25) is 0 Å². The third-order valence-corrected chi connectivity index (χ3v) is 3.13. The highest BCUT2D eigenvalue weighted by Crippen LogP contribution is 2.26. The van der Waals surface area contributed by atoms with Crippen LogP contribution >= 0.6 is 0 Å². The van der Waals surface area contributed by atoms with Gasteiger partial charge in [0.2, 0.25) is 0 Å². The first-order valence-corrected chi connectivity index (χ1v) is 5.81. The Labute approximate surface area is 91.1 Å².